The molecule has 2 nitrogen and oxygen atoms in total. The number of allylic oxidation sites excluding steroid dienone is 1. The summed E-state index contributed by atoms with van der Waals surface area (Å²) in [7, 11) is 0. The molecule has 8 atom stereocenters. The van der Waals surface area contributed by atoms with E-state index in [0.29, 0.717) is 16.7 Å². The van der Waals surface area contributed by atoms with Gasteiger partial charge in [0.1, 0.15) is 0 Å². The first-order valence-corrected chi connectivity index (χ1v) is 10.4. The van der Waals surface area contributed by atoms with Crippen LogP contribution in [0.4, 0.5) is 0 Å². The van der Waals surface area contributed by atoms with E-state index < -0.39 is 0 Å². The summed E-state index contributed by atoms with van der Waals surface area (Å²) in [5, 5.41) is 20.5. The molecular weight excluding hydrogens is 308 g/mol. The van der Waals surface area contributed by atoms with E-state index in [9.17, 15) is 10.2 Å². The molecule has 4 rings (SSSR count). The molecule has 4 aliphatic carbocycles. The third-order valence-corrected chi connectivity index (χ3v) is 8.98. The highest BCUT2D eigenvalue weighted by molar-refractivity contribution is 5.25. The van der Waals surface area contributed by atoms with Gasteiger partial charge in [0.25, 0.3) is 0 Å². The third-order valence-electron chi connectivity index (χ3n) is 8.98. The topological polar surface area (TPSA) is 40.5 Å². The summed E-state index contributed by atoms with van der Waals surface area (Å²) in [5.74, 6) is 2.87. The van der Waals surface area contributed by atoms with Gasteiger partial charge in [0, 0.05) is 0 Å². The van der Waals surface area contributed by atoms with Crippen molar-refractivity contribution in [1.29, 1.82) is 0 Å². The van der Waals surface area contributed by atoms with Crippen LogP contribution in [-0.4, -0.2) is 22.4 Å². The summed E-state index contributed by atoms with van der Waals surface area (Å²) in [6.45, 7) is 7.02. The standard InChI is InChI=1S/C22H36O2.CH4/c1-14(23)18-5-4-6-19-17-8-7-15-13-16(24)9-11-21(15,2)20(17)10-12-22(18,19)3;/h7,14,16-20,23-24H,4-6,8-13H2,1-3H3;1H4. The summed E-state index contributed by atoms with van der Waals surface area (Å²) < 4.78 is 0. The number of aliphatic hydroxyl groups excluding tert-OH is 2. The van der Waals surface area contributed by atoms with E-state index in [4.69, 9.17) is 0 Å². The van der Waals surface area contributed by atoms with Crippen molar-refractivity contribution in [3.05, 3.63) is 11.6 Å². The van der Waals surface area contributed by atoms with Crippen molar-refractivity contribution in [2.24, 2.45) is 34.5 Å². The lowest BCUT2D eigenvalue weighted by molar-refractivity contribution is -0.121. The maximum absolute atomic E-state index is 10.4. The second-order valence-corrected chi connectivity index (χ2v) is 9.98. The third kappa shape index (κ3) is 2.83. The van der Waals surface area contributed by atoms with Gasteiger partial charge in [-0.05, 0) is 92.8 Å². The smallest absolute Gasteiger partial charge is 0.0577 e. The maximum Gasteiger partial charge on any atom is 0.0577 e. The van der Waals surface area contributed by atoms with E-state index in [1.54, 1.807) is 5.57 Å². The van der Waals surface area contributed by atoms with Gasteiger partial charge in [-0.15, -0.1) is 0 Å². The minimum atomic E-state index is -0.163. The molecule has 3 saturated carbocycles. The molecule has 0 aromatic rings. The lowest BCUT2D eigenvalue weighted by atomic mass is 9.43. The second kappa shape index (κ2) is 6.68. The summed E-state index contributed by atoms with van der Waals surface area (Å²) >= 11 is 0. The first-order valence-electron chi connectivity index (χ1n) is 10.4. The Bertz CT molecular complexity index is 524. The van der Waals surface area contributed by atoms with Crippen LogP contribution in [0.1, 0.15) is 86.0 Å². The number of hydrogen-bond acceptors (Lipinski definition) is 2. The lowest BCUT2D eigenvalue weighted by Crippen LogP contribution is -2.55. The van der Waals surface area contributed by atoms with Crippen LogP contribution in [0.15, 0.2) is 11.6 Å². The Hall–Kier alpha value is -0.340. The number of fused-ring (bicyclic) bond motifs is 5. The van der Waals surface area contributed by atoms with Crippen LogP contribution in [-0.2, 0) is 0 Å². The molecule has 0 bridgehead atoms. The Labute approximate surface area is 155 Å². The predicted octanol–water partition coefficient (Wildman–Crippen LogP) is 5.33. The van der Waals surface area contributed by atoms with Crippen LogP contribution >= 0.6 is 0 Å². The normalized spacial score (nSPS) is 50.4. The van der Waals surface area contributed by atoms with Crippen molar-refractivity contribution in [2.45, 2.75) is 98.2 Å². The van der Waals surface area contributed by atoms with Gasteiger partial charge >= 0.3 is 0 Å². The predicted molar refractivity (Wildman–Crippen MR) is 104 cm³/mol. The van der Waals surface area contributed by atoms with Gasteiger partial charge in [-0.2, -0.15) is 0 Å². The Morgan fingerprint density at radius 3 is 2.56 bits per heavy atom. The van der Waals surface area contributed by atoms with Crippen LogP contribution in [0.3, 0.4) is 0 Å². The Balaban J connectivity index is 0.00000182. The molecule has 0 aromatic heterocycles. The van der Waals surface area contributed by atoms with Crippen molar-refractivity contribution in [1.82, 2.24) is 0 Å². The van der Waals surface area contributed by atoms with Gasteiger partial charge in [-0.3, -0.25) is 0 Å². The van der Waals surface area contributed by atoms with E-state index in [0.717, 1.165) is 30.6 Å². The quantitative estimate of drug-likeness (QED) is 0.629. The van der Waals surface area contributed by atoms with Gasteiger partial charge in [0.15, 0.2) is 0 Å². The van der Waals surface area contributed by atoms with E-state index in [2.05, 4.69) is 19.9 Å². The van der Waals surface area contributed by atoms with Gasteiger partial charge < -0.3 is 10.2 Å². The molecular formula is C23H40O2. The molecule has 4 aliphatic rings. The minimum absolute atomic E-state index is 0. The zero-order chi connectivity index (χ0) is 17.1. The monoisotopic (exact) mass is 348 g/mol. The molecule has 0 spiro atoms. The van der Waals surface area contributed by atoms with Gasteiger partial charge in [0.05, 0.1) is 12.2 Å². The molecule has 2 heteroatoms. The minimum Gasteiger partial charge on any atom is -0.393 e. The molecule has 25 heavy (non-hydrogen) atoms. The van der Waals surface area contributed by atoms with Crippen LogP contribution in [0.25, 0.3) is 0 Å². The lowest BCUT2D eigenvalue weighted by Gasteiger charge is -2.62. The second-order valence-electron chi connectivity index (χ2n) is 9.98. The molecule has 0 aliphatic heterocycles. The summed E-state index contributed by atoms with van der Waals surface area (Å²) in [6, 6.07) is 0. The van der Waals surface area contributed by atoms with Gasteiger partial charge in [-0.25, -0.2) is 0 Å². The molecule has 0 heterocycles. The largest absolute Gasteiger partial charge is 0.393 e. The molecule has 2 N–H and O–H groups in total. The van der Waals surface area contributed by atoms with Crippen molar-refractivity contribution < 1.29 is 10.2 Å². The highest BCUT2D eigenvalue weighted by Crippen LogP contribution is 2.65. The Morgan fingerprint density at radius 2 is 1.84 bits per heavy atom. The first-order chi connectivity index (χ1) is 11.4. The fraction of sp³-hybridized carbons (Fsp3) is 0.913. The SMILES string of the molecule is C.CC(O)C1CCCC2C3CC=C4CC(O)CCC4(C)C3CCC12C. The highest BCUT2D eigenvalue weighted by Gasteiger charge is 2.57. The number of hydrogen-bond donors (Lipinski definition) is 2. The van der Waals surface area contributed by atoms with Crippen molar-refractivity contribution >= 4 is 0 Å². The van der Waals surface area contributed by atoms with E-state index in [-0.39, 0.29) is 19.6 Å². The zero-order valence-corrected chi connectivity index (χ0v) is 15.8. The molecule has 0 amide bonds. The molecule has 3 fully saturated rings. The molecule has 8 unspecified atom stereocenters. The molecule has 0 aromatic carbocycles. The number of aliphatic hydroxyl groups is 2. The fourth-order valence-electron chi connectivity index (χ4n) is 7.67. The Kier molecular flexibility index (Phi) is 5.19. The van der Waals surface area contributed by atoms with Gasteiger partial charge in [0.2, 0.25) is 0 Å². The van der Waals surface area contributed by atoms with E-state index >= 15 is 0 Å². The molecule has 0 saturated heterocycles. The van der Waals surface area contributed by atoms with Gasteiger partial charge in [-0.1, -0.05) is 39.3 Å². The molecule has 0 radical (unpaired) electrons. The summed E-state index contributed by atoms with van der Waals surface area (Å²) in [6.07, 6.45) is 13.0. The average molecular weight is 349 g/mol. The highest BCUT2D eigenvalue weighted by atomic mass is 16.3. The summed E-state index contributed by atoms with van der Waals surface area (Å²) in [5.41, 5.74) is 2.24. The van der Waals surface area contributed by atoms with Crippen LogP contribution < -0.4 is 0 Å². The van der Waals surface area contributed by atoms with E-state index in [1.807, 2.05) is 6.92 Å². The fourth-order valence-corrected chi connectivity index (χ4v) is 7.67. The van der Waals surface area contributed by atoms with E-state index in [1.165, 1.54) is 44.9 Å². The van der Waals surface area contributed by atoms with Crippen LogP contribution in [0.5, 0.6) is 0 Å². The van der Waals surface area contributed by atoms with Crippen molar-refractivity contribution in [3.8, 4) is 0 Å². The number of rotatable bonds is 1. The Morgan fingerprint density at radius 1 is 1.08 bits per heavy atom. The van der Waals surface area contributed by atoms with Crippen molar-refractivity contribution in [2.75, 3.05) is 0 Å². The average Bonchev–Trinajstić information content (AvgIpc) is 2.54. The first kappa shape index (κ1) is 19.4. The maximum atomic E-state index is 10.4. The van der Waals surface area contributed by atoms with Crippen LogP contribution in [0, 0.1) is 34.5 Å². The molecule has 144 valence electrons. The zero-order valence-electron chi connectivity index (χ0n) is 15.8. The van der Waals surface area contributed by atoms with Crippen molar-refractivity contribution in [3.63, 3.8) is 0 Å². The van der Waals surface area contributed by atoms with Crippen LogP contribution in [0.2, 0.25) is 0 Å². The summed E-state index contributed by atoms with van der Waals surface area (Å²) in [4.78, 5) is 0.